The van der Waals surface area contributed by atoms with Gasteiger partial charge in [0.2, 0.25) is 0 Å². The summed E-state index contributed by atoms with van der Waals surface area (Å²) < 4.78 is 10.5. The third kappa shape index (κ3) is 3.59. The fraction of sp³-hybridized carbons (Fsp3) is 0.500. The normalized spacial score (nSPS) is 28.8. The van der Waals surface area contributed by atoms with Crippen molar-refractivity contribution in [2.24, 2.45) is 17.8 Å². The SMILES string of the molecule is COc1ccc(C(=O)Nc2ccc(NC34CC5CC(CC(C5)C3)C4)nc2)cc1OC. The Balaban J connectivity index is 1.25. The van der Waals surface area contributed by atoms with Crippen molar-refractivity contribution < 1.29 is 14.3 Å². The van der Waals surface area contributed by atoms with Gasteiger partial charge in [0.15, 0.2) is 11.5 Å². The topological polar surface area (TPSA) is 72.5 Å². The number of nitrogens with zero attached hydrogens (tertiary/aromatic N) is 1. The summed E-state index contributed by atoms with van der Waals surface area (Å²) in [5, 5.41) is 6.68. The zero-order chi connectivity index (χ0) is 20.7. The van der Waals surface area contributed by atoms with Crippen LogP contribution in [0.3, 0.4) is 0 Å². The third-order valence-electron chi connectivity index (χ3n) is 7.10. The quantitative estimate of drug-likeness (QED) is 0.724. The van der Waals surface area contributed by atoms with Crippen LogP contribution in [0.15, 0.2) is 36.5 Å². The number of carbonyl (C=O) groups excluding carboxylic acids is 1. The average Bonchev–Trinajstić information content (AvgIpc) is 2.73. The molecule has 6 rings (SSSR count). The highest BCUT2D eigenvalue weighted by Gasteiger charge is 2.51. The molecule has 6 heteroatoms. The molecule has 4 fully saturated rings. The first-order valence-corrected chi connectivity index (χ1v) is 10.8. The highest BCUT2D eigenvalue weighted by Crippen LogP contribution is 2.56. The smallest absolute Gasteiger partial charge is 0.255 e. The van der Waals surface area contributed by atoms with Crippen LogP contribution < -0.4 is 20.1 Å². The molecule has 158 valence electrons. The van der Waals surface area contributed by atoms with E-state index in [2.05, 4.69) is 15.6 Å². The number of ether oxygens (including phenoxy) is 2. The Bertz CT molecular complexity index is 906. The van der Waals surface area contributed by atoms with Crippen LogP contribution in [0.5, 0.6) is 11.5 Å². The second-order valence-corrected chi connectivity index (χ2v) is 9.28. The Morgan fingerprint density at radius 2 is 1.63 bits per heavy atom. The number of nitrogens with one attached hydrogen (secondary N) is 2. The Kier molecular flexibility index (Phi) is 4.80. The molecular formula is C24H29N3O3. The van der Waals surface area contributed by atoms with Gasteiger partial charge in [-0.2, -0.15) is 0 Å². The second-order valence-electron chi connectivity index (χ2n) is 9.28. The van der Waals surface area contributed by atoms with Gasteiger partial charge in [0, 0.05) is 11.1 Å². The number of rotatable bonds is 6. The van der Waals surface area contributed by atoms with Crippen molar-refractivity contribution in [3.8, 4) is 11.5 Å². The summed E-state index contributed by atoms with van der Waals surface area (Å²) in [6.07, 6.45) is 9.83. The van der Waals surface area contributed by atoms with E-state index < -0.39 is 0 Å². The van der Waals surface area contributed by atoms with Gasteiger partial charge in [0.1, 0.15) is 5.82 Å². The van der Waals surface area contributed by atoms with Crippen molar-refractivity contribution in [1.82, 2.24) is 4.98 Å². The number of hydrogen-bond acceptors (Lipinski definition) is 5. The number of methoxy groups -OCH3 is 2. The number of hydrogen-bond donors (Lipinski definition) is 2. The molecule has 4 bridgehead atoms. The summed E-state index contributed by atoms with van der Waals surface area (Å²) in [6, 6.07) is 9.00. The van der Waals surface area contributed by atoms with Crippen LogP contribution in [0.25, 0.3) is 0 Å². The van der Waals surface area contributed by atoms with E-state index in [0.717, 1.165) is 23.6 Å². The van der Waals surface area contributed by atoms with Crippen LogP contribution in [0.2, 0.25) is 0 Å². The van der Waals surface area contributed by atoms with E-state index in [1.54, 1.807) is 38.6 Å². The maximum atomic E-state index is 12.6. The lowest BCUT2D eigenvalue weighted by Crippen LogP contribution is -2.54. The number of pyridine rings is 1. The first-order valence-electron chi connectivity index (χ1n) is 10.8. The molecule has 1 heterocycles. The Labute approximate surface area is 177 Å². The van der Waals surface area contributed by atoms with Gasteiger partial charge in [-0.3, -0.25) is 4.79 Å². The lowest BCUT2D eigenvalue weighted by molar-refractivity contribution is 0.0105. The largest absolute Gasteiger partial charge is 0.493 e. The molecule has 0 spiro atoms. The van der Waals surface area contributed by atoms with E-state index in [1.807, 2.05) is 12.1 Å². The molecule has 0 radical (unpaired) electrons. The molecule has 30 heavy (non-hydrogen) atoms. The average molecular weight is 408 g/mol. The predicted octanol–water partition coefficient (Wildman–Crippen LogP) is 4.73. The van der Waals surface area contributed by atoms with Gasteiger partial charge in [-0.15, -0.1) is 0 Å². The molecule has 2 N–H and O–H groups in total. The molecule has 0 atom stereocenters. The Morgan fingerprint density at radius 1 is 0.967 bits per heavy atom. The molecule has 1 aromatic heterocycles. The maximum Gasteiger partial charge on any atom is 0.255 e. The summed E-state index contributed by atoms with van der Waals surface area (Å²) in [4.78, 5) is 17.2. The molecule has 0 aliphatic heterocycles. The van der Waals surface area contributed by atoms with Gasteiger partial charge in [-0.1, -0.05) is 0 Å². The van der Waals surface area contributed by atoms with E-state index >= 15 is 0 Å². The number of amides is 1. The minimum Gasteiger partial charge on any atom is -0.493 e. The van der Waals surface area contributed by atoms with Crippen LogP contribution in [-0.2, 0) is 0 Å². The molecular weight excluding hydrogens is 378 g/mol. The standard InChI is InChI=1S/C24H29N3O3/c1-29-20-5-3-18(10-21(20)30-2)23(28)26-19-4-6-22(25-14-19)27-24-11-15-7-16(12-24)9-17(8-15)13-24/h3-6,10,14-17H,7-9,11-13H2,1-2H3,(H,25,27)(H,26,28). The number of carbonyl (C=O) groups is 1. The zero-order valence-corrected chi connectivity index (χ0v) is 17.6. The molecule has 4 aliphatic rings. The molecule has 0 unspecified atom stereocenters. The Hall–Kier alpha value is -2.76. The van der Waals surface area contributed by atoms with Crippen LogP contribution >= 0.6 is 0 Å². The first-order chi connectivity index (χ1) is 14.6. The van der Waals surface area contributed by atoms with Crippen molar-refractivity contribution in [3.05, 3.63) is 42.1 Å². The van der Waals surface area contributed by atoms with Crippen molar-refractivity contribution in [1.29, 1.82) is 0 Å². The summed E-state index contributed by atoms with van der Waals surface area (Å²) in [6.45, 7) is 0. The fourth-order valence-electron chi connectivity index (χ4n) is 6.26. The van der Waals surface area contributed by atoms with E-state index in [-0.39, 0.29) is 11.4 Å². The molecule has 4 saturated carbocycles. The maximum absolute atomic E-state index is 12.6. The summed E-state index contributed by atoms with van der Waals surface area (Å²) >= 11 is 0. The van der Waals surface area contributed by atoms with Gasteiger partial charge in [-0.25, -0.2) is 4.98 Å². The third-order valence-corrected chi connectivity index (χ3v) is 7.10. The molecule has 4 aliphatic carbocycles. The van der Waals surface area contributed by atoms with Gasteiger partial charge in [0.25, 0.3) is 5.91 Å². The van der Waals surface area contributed by atoms with Crippen LogP contribution in [0.1, 0.15) is 48.9 Å². The number of benzene rings is 1. The number of aromatic nitrogens is 1. The first kappa shape index (κ1) is 19.2. The molecule has 6 nitrogen and oxygen atoms in total. The second kappa shape index (κ2) is 7.49. The lowest BCUT2D eigenvalue weighted by Gasteiger charge is -2.57. The van der Waals surface area contributed by atoms with Crippen molar-refractivity contribution in [2.45, 2.75) is 44.1 Å². The van der Waals surface area contributed by atoms with Crippen LogP contribution in [-0.4, -0.2) is 30.6 Å². The number of anilines is 2. The van der Waals surface area contributed by atoms with E-state index in [4.69, 9.17) is 9.47 Å². The zero-order valence-electron chi connectivity index (χ0n) is 17.6. The molecule has 2 aromatic rings. The van der Waals surface area contributed by atoms with Crippen LogP contribution in [0.4, 0.5) is 11.5 Å². The molecule has 0 saturated heterocycles. The van der Waals surface area contributed by atoms with Crippen molar-refractivity contribution in [2.75, 3.05) is 24.9 Å². The van der Waals surface area contributed by atoms with E-state index in [1.165, 1.54) is 38.5 Å². The van der Waals surface area contributed by atoms with Gasteiger partial charge < -0.3 is 20.1 Å². The van der Waals surface area contributed by atoms with Crippen LogP contribution in [0, 0.1) is 17.8 Å². The van der Waals surface area contributed by atoms with Crippen molar-refractivity contribution >= 4 is 17.4 Å². The highest BCUT2D eigenvalue weighted by molar-refractivity contribution is 6.04. The fourth-order valence-corrected chi connectivity index (χ4v) is 6.26. The van der Waals surface area contributed by atoms with E-state index in [0.29, 0.717) is 22.7 Å². The lowest BCUT2D eigenvalue weighted by atomic mass is 9.53. The Morgan fingerprint density at radius 3 is 2.20 bits per heavy atom. The molecule has 1 amide bonds. The minimum absolute atomic E-state index is 0.209. The summed E-state index contributed by atoms with van der Waals surface area (Å²) in [5.74, 6) is 4.49. The van der Waals surface area contributed by atoms with E-state index in [9.17, 15) is 4.79 Å². The summed E-state index contributed by atoms with van der Waals surface area (Å²) in [5.41, 5.74) is 1.40. The van der Waals surface area contributed by atoms with Gasteiger partial charge in [0.05, 0.1) is 26.1 Å². The monoisotopic (exact) mass is 407 g/mol. The highest BCUT2D eigenvalue weighted by atomic mass is 16.5. The van der Waals surface area contributed by atoms with Gasteiger partial charge >= 0.3 is 0 Å². The van der Waals surface area contributed by atoms with Crippen molar-refractivity contribution in [3.63, 3.8) is 0 Å². The molecule has 1 aromatic carbocycles. The van der Waals surface area contributed by atoms with Gasteiger partial charge in [-0.05, 0) is 86.6 Å². The summed E-state index contributed by atoms with van der Waals surface area (Å²) in [7, 11) is 3.13. The minimum atomic E-state index is -0.209. The predicted molar refractivity (Wildman–Crippen MR) is 116 cm³/mol.